The molecule has 0 saturated heterocycles. The largest absolute Gasteiger partial charge is 0.466 e. The molecule has 0 fully saturated rings. The second-order valence-corrected chi connectivity index (χ2v) is 4.26. The molecular formula is C11H9Cl2NO5. The molecule has 0 heterocycles. The molecule has 1 rings (SSSR count). The number of hydrogen-bond donors (Lipinski definition) is 0. The second kappa shape index (κ2) is 6.49. The number of nitro benzene ring substituents is 1. The Morgan fingerprint density at radius 2 is 1.89 bits per heavy atom. The molecule has 0 spiro atoms. The molecule has 0 atom stereocenters. The van der Waals surface area contributed by atoms with Crippen LogP contribution in [0.4, 0.5) is 5.69 Å². The van der Waals surface area contributed by atoms with Crippen LogP contribution in [0.1, 0.15) is 23.7 Å². The van der Waals surface area contributed by atoms with Gasteiger partial charge in [-0.1, -0.05) is 23.2 Å². The number of hydrogen-bond acceptors (Lipinski definition) is 5. The van der Waals surface area contributed by atoms with Gasteiger partial charge in [-0.15, -0.1) is 0 Å². The van der Waals surface area contributed by atoms with Gasteiger partial charge in [0.25, 0.3) is 5.69 Å². The lowest BCUT2D eigenvalue weighted by atomic mass is 10.1. The molecule has 0 N–H and O–H groups in total. The Labute approximate surface area is 118 Å². The minimum atomic E-state index is -0.763. The number of benzene rings is 1. The maximum absolute atomic E-state index is 11.8. The molecule has 0 saturated carbocycles. The summed E-state index contributed by atoms with van der Waals surface area (Å²) in [6, 6.07) is 2.05. The highest BCUT2D eigenvalue weighted by Crippen LogP contribution is 2.31. The maximum Gasteiger partial charge on any atom is 0.313 e. The van der Waals surface area contributed by atoms with Crippen molar-refractivity contribution >= 4 is 40.6 Å². The van der Waals surface area contributed by atoms with Crippen molar-refractivity contribution in [2.24, 2.45) is 0 Å². The second-order valence-electron chi connectivity index (χ2n) is 3.45. The lowest BCUT2D eigenvalue weighted by molar-refractivity contribution is -0.385. The summed E-state index contributed by atoms with van der Waals surface area (Å²) in [5, 5.41) is 10.8. The van der Waals surface area contributed by atoms with E-state index >= 15 is 0 Å². The standard InChI is InChI=1S/C11H9Cl2NO5/c1-2-19-11(16)5-10(15)6-3-7(12)8(13)4-9(6)14(17)18/h3-4H,2,5H2,1H3. The van der Waals surface area contributed by atoms with E-state index in [2.05, 4.69) is 4.74 Å². The van der Waals surface area contributed by atoms with E-state index in [1.165, 1.54) is 0 Å². The van der Waals surface area contributed by atoms with Gasteiger partial charge in [0.2, 0.25) is 0 Å². The van der Waals surface area contributed by atoms with Gasteiger partial charge < -0.3 is 4.74 Å². The van der Waals surface area contributed by atoms with Crippen LogP contribution >= 0.6 is 23.2 Å². The predicted octanol–water partition coefficient (Wildman–Crippen LogP) is 3.04. The summed E-state index contributed by atoms with van der Waals surface area (Å²) in [4.78, 5) is 33.1. The van der Waals surface area contributed by atoms with Crippen LogP contribution in [-0.2, 0) is 9.53 Å². The Hall–Kier alpha value is -1.66. The number of nitro groups is 1. The highest BCUT2D eigenvalue weighted by molar-refractivity contribution is 6.42. The van der Waals surface area contributed by atoms with Crippen LogP contribution in [0.5, 0.6) is 0 Å². The molecule has 1 aromatic carbocycles. The van der Waals surface area contributed by atoms with Gasteiger partial charge in [-0.2, -0.15) is 0 Å². The van der Waals surface area contributed by atoms with E-state index in [1.807, 2.05) is 0 Å². The Bertz CT molecular complexity index is 544. The van der Waals surface area contributed by atoms with Crippen molar-refractivity contribution < 1.29 is 19.2 Å². The third kappa shape index (κ3) is 3.90. The van der Waals surface area contributed by atoms with Crippen LogP contribution in [0.15, 0.2) is 12.1 Å². The predicted molar refractivity (Wildman–Crippen MR) is 68.7 cm³/mol. The third-order valence-electron chi connectivity index (χ3n) is 2.15. The number of Topliss-reactive ketones (excluding diaryl/α,β-unsaturated/α-hetero) is 1. The molecule has 6 nitrogen and oxygen atoms in total. The average molecular weight is 306 g/mol. The first-order chi connectivity index (χ1) is 8.86. The highest BCUT2D eigenvalue weighted by Gasteiger charge is 2.24. The molecule has 19 heavy (non-hydrogen) atoms. The number of halogens is 2. The zero-order chi connectivity index (χ0) is 14.6. The summed E-state index contributed by atoms with van der Waals surface area (Å²) >= 11 is 11.4. The van der Waals surface area contributed by atoms with Crippen LogP contribution in [-0.4, -0.2) is 23.3 Å². The number of carbonyl (C=O) groups excluding carboxylic acids is 2. The molecule has 0 aliphatic carbocycles. The van der Waals surface area contributed by atoms with E-state index in [0.29, 0.717) is 0 Å². The molecule has 1 aromatic rings. The zero-order valence-corrected chi connectivity index (χ0v) is 11.3. The topological polar surface area (TPSA) is 86.5 Å². The lowest BCUT2D eigenvalue weighted by Crippen LogP contribution is -2.12. The van der Waals surface area contributed by atoms with E-state index < -0.39 is 28.8 Å². The number of esters is 1. The number of ketones is 1. The van der Waals surface area contributed by atoms with Crippen LogP contribution < -0.4 is 0 Å². The van der Waals surface area contributed by atoms with Gasteiger partial charge in [0.05, 0.1) is 27.1 Å². The molecule has 0 bridgehead atoms. The van der Waals surface area contributed by atoms with Gasteiger partial charge in [0.15, 0.2) is 5.78 Å². The van der Waals surface area contributed by atoms with Crippen molar-refractivity contribution in [3.63, 3.8) is 0 Å². The number of carbonyl (C=O) groups is 2. The molecule has 0 aliphatic rings. The van der Waals surface area contributed by atoms with Gasteiger partial charge in [-0.3, -0.25) is 19.7 Å². The summed E-state index contributed by atoms with van der Waals surface area (Å²) in [5.41, 5.74) is -0.767. The highest BCUT2D eigenvalue weighted by atomic mass is 35.5. The van der Waals surface area contributed by atoms with Crippen LogP contribution in [0.2, 0.25) is 10.0 Å². The molecule has 0 aromatic heterocycles. The third-order valence-corrected chi connectivity index (χ3v) is 2.87. The number of rotatable bonds is 5. The molecule has 102 valence electrons. The van der Waals surface area contributed by atoms with Crippen molar-refractivity contribution in [3.05, 3.63) is 37.9 Å². The van der Waals surface area contributed by atoms with Crippen molar-refractivity contribution in [3.8, 4) is 0 Å². The fraction of sp³-hybridized carbons (Fsp3) is 0.273. The van der Waals surface area contributed by atoms with E-state index in [-0.39, 0.29) is 22.2 Å². The monoisotopic (exact) mass is 305 g/mol. The van der Waals surface area contributed by atoms with E-state index in [1.54, 1.807) is 6.92 Å². The summed E-state index contributed by atoms with van der Waals surface area (Å²) in [7, 11) is 0. The normalized spacial score (nSPS) is 10.1. The van der Waals surface area contributed by atoms with Gasteiger partial charge in [0, 0.05) is 6.07 Å². The van der Waals surface area contributed by atoms with Gasteiger partial charge in [-0.05, 0) is 13.0 Å². The van der Waals surface area contributed by atoms with E-state index in [9.17, 15) is 19.7 Å². The molecule has 0 amide bonds. The molecular weight excluding hydrogens is 297 g/mol. The van der Waals surface area contributed by atoms with Gasteiger partial charge in [0.1, 0.15) is 6.42 Å². The minimum absolute atomic E-state index is 0.000486. The minimum Gasteiger partial charge on any atom is -0.466 e. The Morgan fingerprint density at radius 1 is 1.32 bits per heavy atom. The van der Waals surface area contributed by atoms with Crippen molar-refractivity contribution in [2.75, 3.05) is 6.61 Å². The number of nitrogens with zero attached hydrogens (tertiary/aromatic N) is 1. The van der Waals surface area contributed by atoms with Crippen LogP contribution in [0.3, 0.4) is 0 Å². The molecule has 0 unspecified atom stereocenters. The van der Waals surface area contributed by atoms with E-state index in [0.717, 1.165) is 12.1 Å². The summed E-state index contributed by atoms with van der Waals surface area (Å²) in [5.74, 6) is -1.50. The summed E-state index contributed by atoms with van der Waals surface area (Å²) < 4.78 is 4.60. The quantitative estimate of drug-likeness (QED) is 0.274. The lowest BCUT2D eigenvalue weighted by Gasteiger charge is -2.04. The zero-order valence-electron chi connectivity index (χ0n) is 9.81. The van der Waals surface area contributed by atoms with Crippen molar-refractivity contribution in [1.82, 2.24) is 0 Å². The first kappa shape index (κ1) is 15.4. The molecule has 8 heteroatoms. The Kier molecular flexibility index (Phi) is 5.26. The van der Waals surface area contributed by atoms with Crippen LogP contribution in [0, 0.1) is 10.1 Å². The SMILES string of the molecule is CCOC(=O)CC(=O)c1cc(Cl)c(Cl)cc1[N+](=O)[O-]. The fourth-order valence-electron chi connectivity index (χ4n) is 1.35. The smallest absolute Gasteiger partial charge is 0.313 e. The average Bonchev–Trinajstić information content (AvgIpc) is 2.31. The fourth-order valence-corrected chi connectivity index (χ4v) is 1.67. The van der Waals surface area contributed by atoms with Gasteiger partial charge >= 0.3 is 5.97 Å². The summed E-state index contributed by atoms with van der Waals surface area (Å²) in [6.07, 6.45) is -0.591. The van der Waals surface area contributed by atoms with Crippen molar-refractivity contribution in [1.29, 1.82) is 0 Å². The van der Waals surface area contributed by atoms with Crippen molar-refractivity contribution in [2.45, 2.75) is 13.3 Å². The maximum atomic E-state index is 11.8. The number of ether oxygens (including phenoxy) is 1. The summed E-state index contributed by atoms with van der Waals surface area (Å²) in [6.45, 7) is 1.71. The first-order valence-corrected chi connectivity index (χ1v) is 5.94. The van der Waals surface area contributed by atoms with Gasteiger partial charge in [-0.25, -0.2) is 0 Å². The van der Waals surface area contributed by atoms with E-state index in [4.69, 9.17) is 23.2 Å². The first-order valence-electron chi connectivity index (χ1n) is 5.19. The molecule has 0 aliphatic heterocycles. The molecule has 0 radical (unpaired) electrons. The Balaban J connectivity index is 3.11. The van der Waals surface area contributed by atoms with Crippen LogP contribution in [0.25, 0.3) is 0 Å². The Morgan fingerprint density at radius 3 is 2.42 bits per heavy atom.